The molecule has 3 aliphatic heterocycles. The number of carbonyl (C=O) groups is 3. The third-order valence-corrected chi connectivity index (χ3v) is 7.12. The summed E-state index contributed by atoms with van der Waals surface area (Å²) in [5, 5.41) is 10.0. The lowest BCUT2D eigenvalue weighted by Crippen LogP contribution is -2.59. The summed E-state index contributed by atoms with van der Waals surface area (Å²) in [7, 11) is 0. The minimum absolute atomic E-state index is 0.111. The predicted octanol–water partition coefficient (Wildman–Crippen LogP) is 1.67. The Bertz CT molecular complexity index is 764. The first-order valence-electron chi connectivity index (χ1n) is 11.6. The smallest absolute Gasteiger partial charge is 0.312 e. The van der Waals surface area contributed by atoms with Gasteiger partial charge < -0.3 is 24.4 Å². The monoisotopic (exact) mass is 448 g/mol. The molecule has 32 heavy (non-hydrogen) atoms. The second kappa shape index (κ2) is 9.75. The highest BCUT2D eigenvalue weighted by molar-refractivity contribution is 5.98. The summed E-state index contributed by atoms with van der Waals surface area (Å²) >= 11 is 0. The van der Waals surface area contributed by atoms with Gasteiger partial charge in [-0.15, -0.1) is 13.2 Å². The van der Waals surface area contributed by atoms with Gasteiger partial charge in [0, 0.05) is 12.6 Å². The zero-order valence-electron chi connectivity index (χ0n) is 19.4. The lowest BCUT2D eigenvalue weighted by molar-refractivity contribution is -0.156. The molecule has 8 heteroatoms. The predicted molar refractivity (Wildman–Crippen MR) is 118 cm³/mol. The summed E-state index contributed by atoms with van der Waals surface area (Å²) < 4.78 is 11.8. The lowest BCUT2D eigenvalue weighted by atomic mass is 9.70. The van der Waals surface area contributed by atoms with E-state index in [9.17, 15) is 19.5 Å². The van der Waals surface area contributed by atoms with E-state index in [2.05, 4.69) is 13.2 Å². The van der Waals surface area contributed by atoms with Crippen molar-refractivity contribution >= 4 is 17.8 Å². The Kier molecular flexibility index (Phi) is 7.45. The summed E-state index contributed by atoms with van der Waals surface area (Å²) in [6.45, 7) is 13.3. The maximum absolute atomic E-state index is 13.9. The zero-order valence-corrected chi connectivity index (χ0v) is 19.4. The highest BCUT2D eigenvalue weighted by atomic mass is 16.6. The second-order valence-corrected chi connectivity index (χ2v) is 9.16. The summed E-state index contributed by atoms with van der Waals surface area (Å²) in [4.78, 5) is 43.8. The molecule has 0 aromatic rings. The number of aliphatic hydroxyl groups is 1. The molecule has 178 valence electrons. The van der Waals surface area contributed by atoms with E-state index in [-0.39, 0.29) is 31.1 Å². The molecule has 0 saturated carbocycles. The van der Waals surface area contributed by atoms with Crippen molar-refractivity contribution in [1.82, 2.24) is 9.80 Å². The molecule has 6 atom stereocenters. The Hall–Kier alpha value is -2.19. The molecule has 0 radical (unpaired) electrons. The van der Waals surface area contributed by atoms with E-state index in [0.29, 0.717) is 32.2 Å². The van der Waals surface area contributed by atoms with Gasteiger partial charge in [-0.2, -0.15) is 0 Å². The fourth-order valence-electron chi connectivity index (χ4n) is 5.64. The maximum atomic E-state index is 13.9. The van der Waals surface area contributed by atoms with Crippen LogP contribution in [0.2, 0.25) is 0 Å². The number of esters is 1. The third kappa shape index (κ3) is 3.77. The minimum atomic E-state index is -1.09. The van der Waals surface area contributed by atoms with E-state index in [1.807, 2.05) is 20.8 Å². The van der Waals surface area contributed by atoms with Gasteiger partial charge in [0.1, 0.15) is 11.6 Å². The first-order chi connectivity index (χ1) is 15.3. The highest BCUT2D eigenvalue weighted by Gasteiger charge is 2.75. The standard InChI is InChI=1S/C24H36N2O6/c1-6-9-13-31-23(30)18-17-10-11-24(32-17)19(18)21(28)26(16(8-3)14-27)20(24)22(29)25(12-7-2)15(4)5/h6-7,15-20,27H,1-2,8-14H2,3-5H3/t16-,17-,18+,19-,20?,24?/m0/s1. The van der Waals surface area contributed by atoms with E-state index in [0.717, 1.165) is 0 Å². The van der Waals surface area contributed by atoms with E-state index >= 15 is 0 Å². The summed E-state index contributed by atoms with van der Waals surface area (Å²) in [5.41, 5.74) is -1.09. The number of ether oxygens (including phenoxy) is 2. The first kappa shape index (κ1) is 24.5. The Morgan fingerprint density at radius 3 is 2.66 bits per heavy atom. The van der Waals surface area contributed by atoms with Gasteiger partial charge in [0.15, 0.2) is 0 Å². The summed E-state index contributed by atoms with van der Waals surface area (Å²) in [6, 6.07) is -1.54. The van der Waals surface area contributed by atoms with Crippen LogP contribution in [0.25, 0.3) is 0 Å². The third-order valence-electron chi connectivity index (χ3n) is 7.12. The van der Waals surface area contributed by atoms with Crippen LogP contribution in [0.4, 0.5) is 0 Å². The number of likely N-dealkylation sites (tertiary alicyclic amines) is 1. The normalized spacial score (nSPS) is 31.5. The van der Waals surface area contributed by atoms with Crippen LogP contribution >= 0.6 is 0 Å². The largest absolute Gasteiger partial charge is 0.465 e. The second-order valence-electron chi connectivity index (χ2n) is 9.16. The molecule has 3 rings (SSSR count). The van der Waals surface area contributed by atoms with Gasteiger partial charge in [0.25, 0.3) is 0 Å². The van der Waals surface area contributed by atoms with Crippen molar-refractivity contribution in [3.05, 3.63) is 25.3 Å². The summed E-state index contributed by atoms with van der Waals surface area (Å²) in [6.07, 6.45) is 4.98. The zero-order chi connectivity index (χ0) is 23.6. The van der Waals surface area contributed by atoms with Crippen molar-refractivity contribution in [3.8, 4) is 0 Å². The number of hydrogen-bond acceptors (Lipinski definition) is 6. The molecule has 8 nitrogen and oxygen atoms in total. The van der Waals surface area contributed by atoms with Crippen LogP contribution in [0.5, 0.6) is 0 Å². The van der Waals surface area contributed by atoms with E-state index in [1.165, 1.54) is 4.90 Å². The lowest BCUT2D eigenvalue weighted by Gasteiger charge is -2.40. The number of amides is 2. The van der Waals surface area contributed by atoms with Crippen molar-refractivity contribution in [2.45, 2.75) is 76.3 Å². The summed E-state index contributed by atoms with van der Waals surface area (Å²) in [5.74, 6) is -2.54. The van der Waals surface area contributed by atoms with Crippen molar-refractivity contribution in [2.75, 3.05) is 19.8 Å². The molecule has 3 saturated heterocycles. The fourth-order valence-corrected chi connectivity index (χ4v) is 5.64. The quantitative estimate of drug-likeness (QED) is 0.293. The van der Waals surface area contributed by atoms with Gasteiger partial charge in [0.05, 0.1) is 37.2 Å². The van der Waals surface area contributed by atoms with Crippen LogP contribution in [0.1, 0.15) is 46.5 Å². The number of hydrogen-bond donors (Lipinski definition) is 1. The van der Waals surface area contributed by atoms with Crippen LogP contribution in [-0.2, 0) is 23.9 Å². The number of rotatable bonds is 11. The molecule has 1 N–H and O–H groups in total. The molecule has 2 amide bonds. The fraction of sp³-hybridized carbons (Fsp3) is 0.708. The molecule has 0 aromatic carbocycles. The van der Waals surface area contributed by atoms with Gasteiger partial charge in [-0.25, -0.2) is 0 Å². The molecule has 0 aromatic heterocycles. The SMILES string of the molecule is C=CCCOC(=O)[C@@H]1[C@@H]2CCC3(O2)C(C(=O)N(CC=C)C(C)C)N([C@@H](CC)CO)C(=O)[C@H]13. The molecule has 3 fully saturated rings. The Balaban J connectivity index is 2.03. The van der Waals surface area contributed by atoms with Crippen LogP contribution in [0.15, 0.2) is 25.3 Å². The van der Waals surface area contributed by atoms with E-state index < -0.39 is 41.6 Å². The Labute approximate surface area is 190 Å². The molecular weight excluding hydrogens is 412 g/mol. The molecular formula is C24H36N2O6. The topological polar surface area (TPSA) is 96.4 Å². The number of nitrogens with zero attached hydrogens (tertiary/aromatic N) is 2. The maximum Gasteiger partial charge on any atom is 0.312 e. The Morgan fingerprint density at radius 1 is 1.38 bits per heavy atom. The van der Waals surface area contributed by atoms with Gasteiger partial charge in [-0.1, -0.05) is 19.1 Å². The number of fused-ring (bicyclic) bond motifs is 1. The molecule has 2 unspecified atom stereocenters. The van der Waals surface area contributed by atoms with Crippen LogP contribution in [0.3, 0.4) is 0 Å². The number of carbonyl (C=O) groups excluding carboxylic acids is 3. The first-order valence-corrected chi connectivity index (χ1v) is 11.6. The minimum Gasteiger partial charge on any atom is -0.465 e. The molecule has 3 heterocycles. The average molecular weight is 449 g/mol. The van der Waals surface area contributed by atoms with Gasteiger partial charge in [-0.05, 0) is 39.5 Å². The van der Waals surface area contributed by atoms with Gasteiger partial charge >= 0.3 is 5.97 Å². The van der Waals surface area contributed by atoms with E-state index in [1.54, 1.807) is 17.1 Å². The van der Waals surface area contributed by atoms with E-state index in [4.69, 9.17) is 9.47 Å². The molecule has 2 bridgehead atoms. The molecule has 1 spiro atoms. The molecule has 3 aliphatic rings. The van der Waals surface area contributed by atoms with Crippen molar-refractivity contribution in [3.63, 3.8) is 0 Å². The average Bonchev–Trinajstić information content (AvgIpc) is 3.40. The van der Waals surface area contributed by atoms with Gasteiger partial charge in [-0.3, -0.25) is 14.4 Å². The van der Waals surface area contributed by atoms with Crippen molar-refractivity contribution in [1.29, 1.82) is 0 Å². The van der Waals surface area contributed by atoms with Gasteiger partial charge in [0.2, 0.25) is 11.8 Å². The van der Waals surface area contributed by atoms with Crippen LogP contribution in [0, 0.1) is 11.8 Å². The highest BCUT2D eigenvalue weighted by Crippen LogP contribution is 2.59. The molecule has 0 aliphatic carbocycles. The van der Waals surface area contributed by atoms with Crippen LogP contribution in [-0.4, -0.2) is 82.3 Å². The van der Waals surface area contributed by atoms with Crippen molar-refractivity contribution < 1.29 is 29.0 Å². The van der Waals surface area contributed by atoms with Crippen molar-refractivity contribution in [2.24, 2.45) is 11.8 Å². The van der Waals surface area contributed by atoms with Crippen LogP contribution < -0.4 is 0 Å². The Morgan fingerprint density at radius 2 is 2.09 bits per heavy atom. The number of aliphatic hydroxyl groups excluding tert-OH is 1.